The first-order valence-corrected chi connectivity index (χ1v) is 30.9. The highest BCUT2D eigenvalue weighted by Crippen LogP contribution is 2.38. The van der Waals surface area contributed by atoms with E-state index in [1.54, 1.807) is 40.7 Å². The van der Waals surface area contributed by atoms with Crippen LogP contribution in [0.4, 0.5) is 26.9 Å². The van der Waals surface area contributed by atoms with Crippen LogP contribution in [0.3, 0.4) is 0 Å². The fourth-order valence-electron chi connectivity index (χ4n) is 9.92. The minimum atomic E-state index is -0.637. The van der Waals surface area contributed by atoms with Gasteiger partial charge in [0, 0.05) is 97.8 Å². The minimum absolute atomic E-state index is 0.00583. The third-order valence-corrected chi connectivity index (χ3v) is 14.8. The van der Waals surface area contributed by atoms with Crippen LogP contribution in [0.2, 0.25) is 5.28 Å². The molecule has 8 heterocycles. The number of ketones is 2. The van der Waals surface area contributed by atoms with Gasteiger partial charge < -0.3 is 39.2 Å². The Morgan fingerprint density at radius 2 is 1.07 bits per heavy atom. The molecule has 0 saturated carbocycles. The van der Waals surface area contributed by atoms with Crippen molar-refractivity contribution in [3.63, 3.8) is 0 Å². The topological polar surface area (TPSA) is 296 Å². The molecule has 25 heteroatoms. The summed E-state index contributed by atoms with van der Waals surface area (Å²) in [7, 11) is 0. The Labute approximate surface area is 536 Å². The highest BCUT2D eigenvalue weighted by atomic mass is 35.5. The van der Waals surface area contributed by atoms with E-state index in [0.29, 0.717) is 74.2 Å². The zero-order valence-corrected chi connectivity index (χ0v) is 55.8. The average molecular weight is 1270 g/mol. The van der Waals surface area contributed by atoms with E-state index in [2.05, 4.69) is 78.6 Å². The molecule has 0 fully saturated rings. The summed E-state index contributed by atoms with van der Waals surface area (Å²) >= 11 is 6.01. The normalized spacial score (nSPS) is 15.3. The van der Waals surface area contributed by atoms with Gasteiger partial charge in [-0.1, -0.05) is 65.8 Å². The molecule has 0 saturated heterocycles. The van der Waals surface area contributed by atoms with Crippen LogP contribution < -0.4 is 11.1 Å². The lowest BCUT2D eigenvalue weighted by molar-refractivity contribution is 0.0224. The largest absolute Gasteiger partial charge is 0.444 e. The van der Waals surface area contributed by atoms with E-state index in [1.165, 1.54) is 0 Å². The molecule has 3 N–H and O–H groups in total. The van der Waals surface area contributed by atoms with E-state index in [9.17, 15) is 19.2 Å². The number of hydrogen-bond donors (Lipinski definition) is 2. The van der Waals surface area contributed by atoms with Crippen LogP contribution in [0, 0.1) is 0 Å². The Morgan fingerprint density at radius 1 is 0.615 bits per heavy atom. The molecule has 24 nitrogen and oxygen atoms in total. The first-order chi connectivity index (χ1) is 42.7. The number of nitrogens with zero attached hydrogens (tertiary/aromatic N) is 14. The van der Waals surface area contributed by atoms with Crippen molar-refractivity contribution >= 4 is 52.7 Å². The Morgan fingerprint density at radius 3 is 1.46 bits per heavy atom. The van der Waals surface area contributed by atoms with Crippen LogP contribution in [0.5, 0.6) is 0 Å². The SMILES string of the molecule is CC(C)(C)OC(=O)N1CC[C@@H](CC(=O)c2nnc(C(C)(C)C)o2)c2ccc(-c3ccnc(Cl)n3)cc2C1.CC(C)n1cc(N)cn1.CC(C)n1cc(Nc2nccc(-c3ccc4c(c3)CN(C(=O)OC(C)(C)C)CC[C@H]4CC(=O)c3nnc(C(C)(C)C)o3)n2)cn1. The smallest absolute Gasteiger partial charge is 0.410 e. The maximum absolute atomic E-state index is 13.4. The van der Waals surface area contributed by atoms with Crippen molar-refractivity contribution in [3.8, 4) is 22.5 Å². The molecule has 0 spiro atoms. The number of nitrogens with two attached hydrogens (primary N) is 1. The Hall–Kier alpha value is -8.93. The number of ether oxygens (including phenoxy) is 2. The standard InChI is InChI=1S/C33H42N8O4.C27H32ClN5O4.C6H11N3/c1-20(2)41-19-24(17-35-41)36-30-34-13-11-26(37-30)22-9-10-25-21(16-27(42)28-38-39-29(44-28)32(3,4)5)12-14-40(18-23(25)15-22)31(43)45-33(6,7)8;1-26(2,3)23-32-31-22(36-23)21(34)14-16-10-12-33(25(35)37-27(4,5)6)15-18-13-17(7-8-19(16)18)20-9-11-29-24(28)30-20;1-5(2)9-4-6(7)3-8-9/h9-11,13,15,17,19-21H,12,14,16,18H2,1-8H3,(H,34,36,37);7-9,11,13,16H,10,12,14-15H2,1-6H3;3-5H,7H2,1-2H3/t21-;16-;/m00./s1. The minimum Gasteiger partial charge on any atom is -0.444 e. The molecule has 0 bridgehead atoms. The summed E-state index contributed by atoms with van der Waals surface area (Å²) in [5, 5.41) is 27.9. The lowest BCUT2D eigenvalue weighted by Crippen LogP contribution is -2.36. The number of halogens is 1. The number of hydrogen-bond acceptors (Lipinski definition) is 20. The molecule has 91 heavy (non-hydrogen) atoms. The fraction of sp³-hybridized carbons (Fsp3) is 0.485. The highest BCUT2D eigenvalue weighted by Gasteiger charge is 2.34. The van der Waals surface area contributed by atoms with Crippen LogP contribution >= 0.6 is 11.6 Å². The molecular formula is C66H85ClN16O8. The number of carbonyl (C=O) groups excluding carboxylic acids is 4. The first kappa shape index (κ1) is 68.0. The van der Waals surface area contributed by atoms with E-state index in [1.807, 2.05) is 147 Å². The Bertz CT molecular complexity index is 3840. The molecule has 2 atom stereocenters. The quantitative estimate of drug-likeness (QED) is 0.0848. The number of nitrogen functional groups attached to an aromatic ring is 1. The van der Waals surface area contributed by atoms with Crippen LogP contribution in [-0.2, 0) is 33.4 Å². The van der Waals surface area contributed by atoms with Crippen LogP contribution in [0.25, 0.3) is 22.5 Å². The molecule has 2 amide bonds. The molecule has 6 aromatic heterocycles. The zero-order valence-electron chi connectivity index (χ0n) is 55.0. The number of anilines is 3. The summed E-state index contributed by atoms with van der Waals surface area (Å²) in [6.45, 7) is 32.6. The summed E-state index contributed by atoms with van der Waals surface area (Å²) in [5.41, 5.74) is 11.9. The second-order valence-electron chi connectivity index (χ2n) is 27.4. The number of carbonyl (C=O) groups is 4. The zero-order chi connectivity index (χ0) is 66.3. The van der Waals surface area contributed by atoms with Crippen molar-refractivity contribution in [1.82, 2.24) is 69.7 Å². The number of fused-ring (bicyclic) bond motifs is 2. The average Bonchev–Trinajstić information content (AvgIpc) is 1.94. The van der Waals surface area contributed by atoms with Gasteiger partial charge in [0.25, 0.3) is 11.8 Å². The fourth-order valence-corrected chi connectivity index (χ4v) is 10.1. The van der Waals surface area contributed by atoms with Gasteiger partial charge >= 0.3 is 12.2 Å². The molecule has 484 valence electrons. The van der Waals surface area contributed by atoms with Gasteiger partial charge in [-0.2, -0.15) is 10.2 Å². The molecule has 0 unspecified atom stereocenters. The van der Waals surface area contributed by atoms with Gasteiger partial charge in [0.1, 0.15) is 11.2 Å². The maximum atomic E-state index is 13.4. The number of benzene rings is 2. The Balaban J connectivity index is 0.000000209. The van der Waals surface area contributed by atoms with Crippen molar-refractivity contribution in [3.05, 3.63) is 137 Å². The second kappa shape index (κ2) is 28.1. The molecule has 8 aromatic rings. The molecule has 10 rings (SSSR count). The first-order valence-electron chi connectivity index (χ1n) is 30.5. The van der Waals surface area contributed by atoms with Gasteiger partial charge in [-0.15, -0.1) is 20.4 Å². The number of Topliss-reactive ketones (excluding diaryl/α,β-unsaturated/α-hetero) is 2. The number of amides is 2. The van der Waals surface area contributed by atoms with Gasteiger partial charge in [0.05, 0.1) is 35.2 Å². The molecule has 2 aliphatic rings. The molecule has 2 aliphatic heterocycles. The van der Waals surface area contributed by atoms with E-state index in [4.69, 9.17) is 40.6 Å². The molecular weight excluding hydrogens is 1180 g/mol. The van der Waals surface area contributed by atoms with Crippen molar-refractivity contribution < 1.29 is 37.5 Å². The van der Waals surface area contributed by atoms with Crippen LogP contribution in [-0.4, -0.2) is 118 Å². The van der Waals surface area contributed by atoms with Gasteiger partial charge in [0.15, 0.2) is 0 Å². The van der Waals surface area contributed by atoms with Crippen LogP contribution in [0.15, 0.2) is 94.5 Å². The number of nitrogens with one attached hydrogen (secondary N) is 1. The van der Waals surface area contributed by atoms with Crippen molar-refractivity contribution in [2.45, 2.75) is 196 Å². The van der Waals surface area contributed by atoms with Gasteiger partial charge in [-0.25, -0.2) is 29.5 Å². The lowest BCUT2D eigenvalue weighted by Gasteiger charge is -2.26. The van der Waals surface area contributed by atoms with E-state index >= 15 is 0 Å². The monoisotopic (exact) mass is 1260 g/mol. The summed E-state index contributed by atoms with van der Waals surface area (Å²) < 4.78 is 26.5. The van der Waals surface area contributed by atoms with E-state index in [0.717, 1.165) is 44.8 Å². The third kappa shape index (κ3) is 18.6. The van der Waals surface area contributed by atoms with Crippen molar-refractivity contribution in [2.24, 2.45) is 0 Å². The van der Waals surface area contributed by atoms with E-state index < -0.39 is 23.4 Å². The number of aromatic nitrogens is 12. The highest BCUT2D eigenvalue weighted by molar-refractivity contribution is 6.28. The van der Waals surface area contributed by atoms with Gasteiger partial charge in [0.2, 0.25) is 34.6 Å². The third-order valence-electron chi connectivity index (χ3n) is 14.6. The predicted octanol–water partition coefficient (Wildman–Crippen LogP) is 13.9. The van der Waals surface area contributed by atoms with Crippen molar-refractivity contribution in [2.75, 3.05) is 24.1 Å². The molecule has 0 aliphatic carbocycles. The predicted molar refractivity (Wildman–Crippen MR) is 345 cm³/mol. The molecule has 0 radical (unpaired) electrons. The Kier molecular flexibility index (Phi) is 21.0. The number of rotatable bonds is 12. The lowest BCUT2D eigenvalue weighted by atomic mass is 9.87. The summed E-state index contributed by atoms with van der Waals surface area (Å²) in [6, 6.07) is 16.2. The second-order valence-corrected chi connectivity index (χ2v) is 27.8. The van der Waals surface area contributed by atoms with Gasteiger partial charge in [-0.3, -0.25) is 19.0 Å². The van der Waals surface area contributed by atoms with E-state index in [-0.39, 0.29) is 70.2 Å². The van der Waals surface area contributed by atoms with Crippen LogP contribution in [0.1, 0.15) is 216 Å². The summed E-state index contributed by atoms with van der Waals surface area (Å²) in [6.07, 6.45) is 11.1. The summed E-state index contributed by atoms with van der Waals surface area (Å²) in [4.78, 5) is 73.5. The van der Waals surface area contributed by atoms with Gasteiger partial charge in [-0.05, 0) is 152 Å². The summed E-state index contributed by atoms with van der Waals surface area (Å²) in [5.74, 6) is 0.521. The molecule has 2 aromatic carbocycles. The van der Waals surface area contributed by atoms with Crippen molar-refractivity contribution in [1.29, 1.82) is 0 Å². The maximum Gasteiger partial charge on any atom is 0.410 e.